The number of benzene rings is 8. The molecule has 10 heteroatoms. The van der Waals surface area contributed by atoms with Gasteiger partial charge in [0.25, 0.3) is 0 Å². The van der Waals surface area contributed by atoms with Crippen LogP contribution in [0, 0.1) is 0 Å². The number of ether oxygens (including phenoxy) is 2. The molecule has 68 heavy (non-hydrogen) atoms. The fraction of sp³-hybridized carbons (Fsp3) is 0.103. The van der Waals surface area contributed by atoms with Crippen LogP contribution in [-0.2, 0) is 0 Å². The van der Waals surface area contributed by atoms with Crippen LogP contribution in [0.15, 0.2) is 213 Å². The van der Waals surface area contributed by atoms with Gasteiger partial charge in [-0.15, -0.1) is 0 Å². The van der Waals surface area contributed by atoms with Crippen molar-refractivity contribution in [1.82, 2.24) is 9.97 Å². The molecule has 10 nitrogen and oxygen atoms in total. The summed E-state index contributed by atoms with van der Waals surface area (Å²) >= 11 is 0. The van der Waals surface area contributed by atoms with E-state index >= 15 is 0 Å². The Bertz CT molecular complexity index is 3170. The lowest BCUT2D eigenvalue weighted by molar-refractivity contribution is 0.414. The molecule has 2 atom stereocenters. The van der Waals surface area contributed by atoms with Gasteiger partial charge in [-0.1, -0.05) is 72.8 Å². The van der Waals surface area contributed by atoms with Gasteiger partial charge in [0, 0.05) is 24.0 Å². The van der Waals surface area contributed by atoms with Crippen molar-refractivity contribution < 1.29 is 18.3 Å². The highest BCUT2D eigenvalue weighted by Crippen LogP contribution is 2.41. The van der Waals surface area contributed by atoms with Crippen LogP contribution in [0.5, 0.6) is 11.5 Å². The highest BCUT2D eigenvalue weighted by atomic mass is 16.5. The van der Waals surface area contributed by atoms with Crippen molar-refractivity contribution in [3.05, 3.63) is 216 Å². The standard InChI is InChI=1S/C58H44N6O4/c1-65-47-31-23-39(24-32-47)51-35-53(63(61-51)45-27-19-43(20-28-45)57-59-49-7-3-5-9-55(49)67-57)41-15-11-37(12-16-41)38-13-17-42(18-14-38)54-36-52(40-25-33-48(66-2)34-26-40)62-64(54)46-29-21-44(22-30-46)58-60-50-8-4-6-10-56(50)68-58/h3-34,53-54H,35-36H2,1-2H3. The van der Waals surface area contributed by atoms with E-state index in [1.807, 2.05) is 72.8 Å². The van der Waals surface area contributed by atoms with Gasteiger partial charge in [0.2, 0.25) is 11.8 Å². The third-order valence-corrected chi connectivity index (χ3v) is 12.9. The monoisotopic (exact) mass is 888 g/mol. The number of fused-ring (bicyclic) bond motifs is 2. The van der Waals surface area contributed by atoms with Gasteiger partial charge in [-0.2, -0.15) is 10.2 Å². The summed E-state index contributed by atoms with van der Waals surface area (Å²) in [5.41, 5.74) is 15.8. The van der Waals surface area contributed by atoms with E-state index in [4.69, 9.17) is 38.5 Å². The number of anilines is 2. The van der Waals surface area contributed by atoms with E-state index in [1.165, 1.54) is 11.1 Å². The summed E-state index contributed by atoms with van der Waals surface area (Å²) in [5.74, 6) is 2.82. The van der Waals surface area contributed by atoms with Crippen molar-refractivity contribution >= 4 is 45.0 Å². The molecule has 8 aromatic carbocycles. The first-order chi connectivity index (χ1) is 33.5. The SMILES string of the molecule is COc1ccc(C2=NN(c3ccc(-c4nc5ccccc5o4)cc3)C(c3ccc(-c4ccc(C5CC(c6ccc(OC)cc6)=NN5c5ccc(-c6nc7ccccc7o6)cc5)cc4)cc3)C2)cc1. The number of hydrogen-bond acceptors (Lipinski definition) is 10. The summed E-state index contributed by atoms with van der Waals surface area (Å²) in [7, 11) is 3.37. The van der Waals surface area contributed by atoms with Crippen LogP contribution in [-0.4, -0.2) is 35.6 Å². The van der Waals surface area contributed by atoms with Gasteiger partial charge in [-0.25, -0.2) is 9.97 Å². The molecule has 0 radical (unpaired) electrons. The van der Waals surface area contributed by atoms with Crippen molar-refractivity contribution in [2.24, 2.45) is 10.2 Å². The lowest BCUT2D eigenvalue weighted by Gasteiger charge is -2.25. The van der Waals surface area contributed by atoms with E-state index in [2.05, 4.69) is 131 Å². The van der Waals surface area contributed by atoms with Crippen LogP contribution < -0.4 is 19.5 Å². The Labute approximate surface area is 393 Å². The summed E-state index contributed by atoms with van der Waals surface area (Å²) in [6, 6.07) is 66.3. The average Bonchev–Trinajstić information content (AvgIpc) is 4.24. The van der Waals surface area contributed by atoms with Gasteiger partial charge in [-0.3, -0.25) is 10.0 Å². The predicted octanol–water partition coefficient (Wildman–Crippen LogP) is 13.7. The highest BCUT2D eigenvalue weighted by Gasteiger charge is 2.32. The van der Waals surface area contributed by atoms with E-state index < -0.39 is 0 Å². The number of oxazole rings is 2. The fourth-order valence-electron chi connectivity index (χ4n) is 9.23. The molecule has 12 rings (SSSR count). The molecule has 0 aliphatic carbocycles. The molecule has 0 saturated heterocycles. The van der Waals surface area contributed by atoms with Crippen molar-refractivity contribution in [1.29, 1.82) is 0 Å². The summed E-state index contributed by atoms with van der Waals surface area (Å²) in [6.45, 7) is 0. The summed E-state index contributed by atoms with van der Waals surface area (Å²) in [4.78, 5) is 9.43. The zero-order chi connectivity index (χ0) is 45.6. The highest BCUT2D eigenvalue weighted by molar-refractivity contribution is 6.04. The maximum atomic E-state index is 6.08. The predicted molar refractivity (Wildman–Crippen MR) is 270 cm³/mol. The van der Waals surface area contributed by atoms with Gasteiger partial charge in [0.15, 0.2) is 11.2 Å². The van der Waals surface area contributed by atoms with Crippen LogP contribution in [0.25, 0.3) is 56.2 Å². The minimum absolute atomic E-state index is 0.0176. The first-order valence-corrected chi connectivity index (χ1v) is 22.7. The largest absolute Gasteiger partial charge is 0.497 e. The van der Waals surface area contributed by atoms with E-state index in [1.54, 1.807) is 14.2 Å². The number of para-hydroxylation sites is 4. The summed E-state index contributed by atoms with van der Waals surface area (Å²) in [5, 5.41) is 14.7. The molecular formula is C58H44N6O4. The molecule has 0 fully saturated rings. The minimum Gasteiger partial charge on any atom is -0.497 e. The molecule has 0 bridgehead atoms. The van der Waals surface area contributed by atoms with Crippen LogP contribution in [0.4, 0.5) is 11.4 Å². The van der Waals surface area contributed by atoms with E-state index in [-0.39, 0.29) is 12.1 Å². The molecule has 2 aromatic heterocycles. The van der Waals surface area contributed by atoms with Crippen molar-refractivity contribution in [3.63, 3.8) is 0 Å². The number of rotatable bonds is 11. The van der Waals surface area contributed by atoms with E-state index in [9.17, 15) is 0 Å². The number of hydrogen-bond donors (Lipinski definition) is 0. The number of methoxy groups -OCH3 is 2. The zero-order valence-electron chi connectivity index (χ0n) is 37.4. The molecule has 0 amide bonds. The van der Waals surface area contributed by atoms with Gasteiger partial charge in [-0.05, 0) is 155 Å². The molecule has 0 saturated carbocycles. The lowest BCUT2D eigenvalue weighted by atomic mass is 9.94. The first-order valence-electron chi connectivity index (χ1n) is 22.7. The molecule has 0 N–H and O–H groups in total. The average molecular weight is 889 g/mol. The summed E-state index contributed by atoms with van der Waals surface area (Å²) in [6.07, 6.45) is 1.48. The second-order valence-electron chi connectivity index (χ2n) is 17.0. The van der Waals surface area contributed by atoms with E-state index in [0.29, 0.717) is 11.8 Å². The maximum Gasteiger partial charge on any atom is 0.227 e. The first kappa shape index (κ1) is 40.7. The molecule has 0 spiro atoms. The van der Waals surface area contributed by atoms with Crippen LogP contribution in [0.1, 0.15) is 47.2 Å². The lowest BCUT2D eigenvalue weighted by Crippen LogP contribution is -2.18. The van der Waals surface area contributed by atoms with Gasteiger partial charge < -0.3 is 18.3 Å². The van der Waals surface area contributed by atoms with Gasteiger partial charge in [0.1, 0.15) is 22.5 Å². The minimum atomic E-state index is -0.0176. The molecular weight excluding hydrogens is 845 g/mol. The third kappa shape index (κ3) is 7.71. The number of nitrogens with zero attached hydrogens (tertiary/aromatic N) is 6. The van der Waals surface area contributed by atoms with Crippen molar-refractivity contribution in [3.8, 4) is 45.5 Å². The number of aromatic nitrogens is 2. The molecule has 2 aliphatic heterocycles. The van der Waals surface area contributed by atoms with Gasteiger partial charge >= 0.3 is 0 Å². The maximum absolute atomic E-state index is 6.08. The topological polar surface area (TPSA) is 102 Å². The van der Waals surface area contributed by atoms with Crippen molar-refractivity contribution in [2.75, 3.05) is 24.2 Å². The zero-order valence-corrected chi connectivity index (χ0v) is 37.4. The second kappa shape index (κ2) is 17.2. The fourth-order valence-corrected chi connectivity index (χ4v) is 9.23. The Morgan fingerprint density at radius 1 is 0.397 bits per heavy atom. The quantitative estimate of drug-likeness (QED) is 0.127. The van der Waals surface area contributed by atoms with E-state index in [0.717, 1.165) is 103 Å². The molecule has 330 valence electrons. The Kier molecular flexibility index (Phi) is 10.3. The van der Waals surface area contributed by atoms with Crippen LogP contribution in [0.2, 0.25) is 0 Å². The normalized spacial score (nSPS) is 15.8. The third-order valence-electron chi connectivity index (χ3n) is 12.9. The summed E-state index contributed by atoms with van der Waals surface area (Å²) < 4.78 is 23.1. The Morgan fingerprint density at radius 2 is 0.750 bits per heavy atom. The molecule has 2 unspecified atom stereocenters. The van der Waals surface area contributed by atoms with Crippen molar-refractivity contribution in [2.45, 2.75) is 24.9 Å². The van der Waals surface area contributed by atoms with Crippen LogP contribution in [0.3, 0.4) is 0 Å². The van der Waals surface area contributed by atoms with Crippen LogP contribution >= 0.6 is 0 Å². The Morgan fingerprint density at radius 3 is 1.12 bits per heavy atom. The Balaban J connectivity index is 0.809. The molecule has 2 aliphatic rings. The number of hydrazone groups is 2. The molecule has 4 heterocycles. The van der Waals surface area contributed by atoms with Gasteiger partial charge in [0.05, 0.1) is 49.1 Å². The second-order valence-corrected chi connectivity index (χ2v) is 17.0. The Hall–Kier alpha value is -8.76. The molecule has 10 aromatic rings. The smallest absolute Gasteiger partial charge is 0.227 e.